The Morgan fingerprint density at radius 2 is 1.96 bits per heavy atom. The van der Waals surface area contributed by atoms with E-state index in [0.29, 0.717) is 5.56 Å². The summed E-state index contributed by atoms with van der Waals surface area (Å²) in [6, 6.07) is 13.3. The molecular weight excluding hydrogens is 607 g/mol. The molecule has 2 aromatic carbocycles. The van der Waals surface area contributed by atoms with Crippen LogP contribution < -0.4 is 20.9 Å². The highest BCUT2D eigenvalue weighted by Crippen LogP contribution is 2.38. The second kappa shape index (κ2) is 12.3. The van der Waals surface area contributed by atoms with Crippen LogP contribution in [0.3, 0.4) is 0 Å². The van der Waals surface area contributed by atoms with Crippen molar-refractivity contribution in [1.29, 1.82) is 0 Å². The first kappa shape index (κ1) is 32.3. The maximum absolute atomic E-state index is 15.4. The minimum Gasteiger partial charge on any atom is -0.481 e. The average Bonchev–Trinajstić information content (AvgIpc) is 3.37. The summed E-state index contributed by atoms with van der Waals surface area (Å²) in [4.78, 5) is 43.7. The number of amides is 2. The zero-order valence-electron chi connectivity index (χ0n) is 25.1. The van der Waals surface area contributed by atoms with Gasteiger partial charge in [-0.2, -0.15) is 8.42 Å². The van der Waals surface area contributed by atoms with Crippen LogP contribution in [0.25, 0.3) is 0 Å². The van der Waals surface area contributed by atoms with Gasteiger partial charge in [-0.1, -0.05) is 42.5 Å². The molecule has 1 saturated heterocycles. The van der Waals surface area contributed by atoms with Crippen LogP contribution in [0.15, 0.2) is 53.3 Å². The Morgan fingerprint density at radius 1 is 1.22 bits per heavy atom. The van der Waals surface area contributed by atoms with E-state index in [9.17, 15) is 27.4 Å². The Hall–Kier alpha value is -4.14. The maximum Gasteiger partial charge on any atom is 0.296 e. The standard InChI is InChI=1S/C31H35FN4O8S/c1-19(45(40,41)42)16-31(12-11-24(37)35-31)22-10-9-21(23(32)15-22)17-33-27(38)25-26(43-18-20-7-5-4-6-8-20)28(39)36-13-14-44-30(2,3)29(36)34-25/h4-10,15,19H,11-14,16-18H2,1-3H3,(H,33,38)(H,35,37)(H,40,41,42)/t19-,31?/m1/s1. The molecule has 2 aliphatic heterocycles. The second-order valence-corrected chi connectivity index (χ2v) is 13.7. The lowest BCUT2D eigenvalue weighted by molar-refractivity contribution is -0.119. The van der Waals surface area contributed by atoms with E-state index >= 15 is 4.39 Å². The van der Waals surface area contributed by atoms with Crippen LogP contribution in [0.2, 0.25) is 0 Å². The molecule has 3 N–H and O–H groups in total. The molecule has 2 aliphatic rings. The summed E-state index contributed by atoms with van der Waals surface area (Å²) in [5.74, 6) is -1.76. The van der Waals surface area contributed by atoms with Crippen molar-refractivity contribution >= 4 is 21.9 Å². The van der Waals surface area contributed by atoms with E-state index in [-0.39, 0.29) is 74.3 Å². The highest BCUT2D eigenvalue weighted by atomic mass is 32.2. The van der Waals surface area contributed by atoms with Gasteiger partial charge in [0.2, 0.25) is 11.7 Å². The molecule has 1 fully saturated rings. The number of nitrogens with one attached hydrogen (secondary N) is 2. The first-order chi connectivity index (χ1) is 21.2. The Morgan fingerprint density at radius 3 is 2.60 bits per heavy atom. The maximum atomic E-state index is 15.4. The normalized spacial score (nSPS) is 19.8. The molecule has 240 valence electrons. The molecule has 14 heteroatoms. The molecule has 0 aliphatic carbocycles. The number of nitrogens with zero attached hydrogens (tertiary/aromatic N) is 2. The predicted molar refractivity (Wildman–Crippen MR) is 161 cm³/mol. The number of carbonyl (C=O) groups is 2. The monoisotopic (exact) mass is 642 g/mol. The summed E-state index contributed by atoms with van der Waals surface area (Å²) in [6.07, 6.45) is 0.174. The third kappa shape index (κ3) is 6.77. The molecule has 1 aromatic heterocycles. The molecule has 2 amide bonds. The SMILES string of the molecule is C[C@H](CC1(c2ccc(CNC(=O)c3nc4n(c(=O)c3OCc3ccccc3)CCOC4(C)C)c(F)c2)CCC(=O)N1)S(=O)(=O)O. The molecule has 3 heterocycles. The van der Waals surface area contributed by atoms with Crippen LogP contribution in [0.1, 0.15) is 73.0 Å². The van der Waals surface area contributed by atoms with E-state index in [2.05, 4.69) is 15.6 Å². The van der Waals surface area contributed by atoms with Crippen molar-refractivity contribution in [1.82, 2.24) is 20.2 Å². The lowest BCUT2D eigenvalue weighted by atomic mass is 9.83. The van der Waals surface area contributed by atoms with Gasteiger partial charge in [0.05, 0.1) is 23.9 Å². The van der Waals surface area contributed by atoms with E-state index < -0.39 is 43.8 Å². The topological polar surface area (TPSA) is 166 Å². The molecule has 0 saturated carbocycles. The molecule has 1 unspecified atom stereocenters. The van der Waals surface area contributed by atoms with E-state index in [4.69, 9.17) is 9.47 Å². The lowest BCUT2D eigenvalue weighted by Gasteiger charge is -2.33. The average molecular weight is 643 g/mol. The van der Waals surface area contributed by atoms with Gasteiger partial charge < -0.3 is 20.1 Å². The fourth-order valence-corrected chi connectivity index (χ4v) is 6.22. The summed E-state index contributed by atoms with van der Waals surface area (Å²) >= 11 is 0. The van der Waals surface area contributed by atoms with Crippen LogP contribution in [0.4, 0.5) is 4.39 Å². The Kier molecular flexibility index (Phi) is 8.84. The largest absolute Gasteiger partial charge is 0.481 e. The Bertz CT molecular complexity index is 1790. The summed E-state index contributed by atoms with van der Waals surface area (Å²) in [5, 5.41) is 4.17. The first-order valence-electron chi connectivity index (χ1n) is 14.5. The van der Waals surface area contributed by atoms with Gasteiger partial charge >= 0.3 is 0 Å². The van der Waals surface area contributed by atoms with Gasteiger partial charge in [0, 0.05) is 18.5 Å². The highest BCUT2D eigenvalue weighted by molar-refractivity contribution is 7.86. The van der Waals surface area contributed by atoms with Crippen molar-refractivity contribution in [2.45, 2.75) is 76.1 Å². The predicted octanol–water partition coefficient (Wildman–Crippen LogP) is 2.93. The summed E-state index contributed by atoms with van der Waals surface area (Å²) in [5.41, 5.74) is -1.73. The number of fused-ring (bicyclic) bond motifs is 1. The fourth-order valence-electron chi connectivity index (χ4n) is 5.72. The summed E-state index contributed by atoms with van der Waals surface area (Å²) in [7, 11) is -4.40. The van der Waals surface area contributed by atoms with Crippen molar-refractivity contribution in [3.63, 3.8) is 0 Å². The van der Waals surface area contributed by atoms with Gasteiger partial charge in [-0.3, -0.25) is 23.5 Å². The molecule has 2 atom stereocenters. The number of aromatic nitrogens is 2. The van der Waals surface area contributed by atoms with Crippen molar-refractivity contribution in [3.05, 3.63) is 92.9 Å². The highest BCUT2D eigenvalue weighted by Gasteiger charge is 2.43. The number of hydrogen-bond acceptors (Lipinski definition) is 8. The smallest absolute Gasteiger partial charge is 0.296 e. The quantitative estimate of drug-likeness (QED) is 0.282. The van der Waals surface area contributed by atoms with E-state index in [1.807, 2.05) is 30.3 Å². The van der Waals surface area contributed by atoms with Gasteiger partial charge in [-0.25, -0.2) is 9.37 Å². The van der Waals surface area contributed by atoms with Crippen LogP contribution in [0, 0.1) is 5.82 Å². The van der Waals surface area contributed by atoms with Crippen LogP contribution in [0.5, 0.6) is 5.75 Å². The van der Waals surface area contributed by atoms with Crippen LogP contribution in [-0.4, -0.2) is 46.2 Å². The van der Waals surface area contributed by atoms with Crippen molar-refractivity contribution in [3.8, 4) is 5.75 Å². The van der Waals surface area contributed by atoms with E-state index in [1.54, 1.807) is 19.9 Å². The number of benzene rings is 2. The number of rotatable bonds is 10. The summed E-state index contributed by atoms with van der Waals surface area (Å²) in [6.45, 7) is 5.05. The fraction of sp³-hybridized carbons (Fsp3) is 0.419. The number of hydrogen-bond donors (Lipinski definition) is 3. The van der Waals surface area contributed by atoms with Crippen molar-refractivity contribution in [2.75, 3.05) is 6.61 Å². The Labute approximate surface area is 259 Å². The first-order valence-corrected chi connectivity index (χ1v) is 16.0. The zero-order chi connectivity index (χ0) is 32.6. The van der Waals surface area contributed by atoms with E-state index in [1.165, 1.54) is 23.6 Å². The van der Waals surface area contributed by atoms with Crippen molar-refractivity contribution in [2.24, 2.45) is 0 Å². The third-order valence-corrected chi connectivity index (χ3v) is 9.42. The van der Waals surface area contributed by atoms with Gasteiger partial charge in [0.15, 0.2) is 5.69 Å². The number of ether oxygens (including phenoxy) is 2. The van der Waals surface area contributed by atoms with Crippen molar-refractivity contribution < 1.29 is 36.4 Å². The Balaban J connectivity index is 1.41. The van der Waals surface area contributed by atoms with Crippen LogP contribution in [-0.2, 0) is 50.5 Å². The second-order valence-electron chi connectivity index (χ2n) is 11.9. The molecule has 3 aromatic rings. The lowest BCUT2D eigenvalue weighted by Crippen LogP contribution is -2.43. The van der Waals surface area contributed by atoms with Gasteiger partial charge in [0.25, 0.3) is 21.6 Å². The van der Waals surface area contributed by atoms with Crippen LogP contribution >= 0.6 is 0 Å². The minimum atomic E-state index is -4.40. The minimum absolute atomic E-state index is 0.0157. The molecule has 0 radical (unpaired) electrons. The molecule has 5 rings (SSSR count). The number of carbonyl (C=O) groups excluding carboxylic acids is 2. The van der Waals surface area contributed by atoms with Gasteiger partial charge in [0.1, 0.15) is 23.8 Å². The molecule has 12 nitrogen and oxygen atoms in total. The molecular formula is C31H35FN4O8S. The summed E-state index contributed by atoms with van der Waals surface area (Å²) < 4.78 is 61.5. The van der Waals surface area contributed by atoms with Gasteiger partial charge in [-0.15, -0.1) is 0 Å². The molecule has 45 heavy (non-hydrogen) atoms. The zero-order valence-corrected chi connectivity index (χ0v) is 25.9. The molecule has 0 bridgehead atoms. The molecule has 0 spiro atoms. The third-order valence-electron chi connectivity index (χ3n) is 8.23. The van der Waals surface area contributed by atoms with Gasteiger partial charge in [-0.05, 0) is 50.8 Å². The van der Waals surface area contributed by atoms with E-state index in [0.717, 1.165) is 5.56 Å². The number of halogens is 1.